The number of Topliss-reactive ketones (excluding diaryl/α,β-unsaturated/α-hetero) is 1. The standard InChI is InChI=1S/C28H31NO5S/c1-18-22(14-20-10-8-9-13-25(20)35(31,32)21-11-6-5-7-12-21)27-23(15-28(3,4)16-24(27)30)29(18)17-26-33-19(2)34-26/h5-13,19,26H,14-17H2,1-4H3. The summed E-state index contributed by atoms with van der Waals surface area (Å²) in [5, 5.41) is 0. The zero-order valence-corrected chi connectivity index (χ0v) is 21.4. The molecule has 35 heavy (non-hydrogen) atoms. The maximum atomic E-state index is 13.5. The molecule has 0 unspecified atom stereocenters. The molecule has 1 saturated heterocycles. The van der Waals surface area contributed by atoms with Crippen LogP contribution in [-0.4, -0.2) is 31.3 Å². The molecule has 1 fully saturated rings. The largest absolute Gasteiger partial charge is 0.343 e. The van der Waals surface area contributed by atoms with Crippen LogP contribution in [0.1, 0.15) is 60.1 Å². The van der Waals surface area contributed by atoms with Crippen LogP contribution in [0.4, 0.5) is 0 Å². The zero-order valence-electron chi connectivity index (χ0n) is 20.6. The molecule has 1 aliphatic carbocycles. The Bertz CT molecular complexity index is 1380. The number of rotatable bonds is 6. The number of carbonyl (C=O) groups is 1. The first-order chi connectivity index (χ1) is 16.6. The molecule has 0 atom stereocenters. The van der Waals surface area contributed by atoms with Crippen LogP contribution in [0.3, 0.4) is 0 Å². The Labute approximate surface area is 206 Å². The molecular weight excluding hydrogens is 462 g/mol. The van der Waals surface area contributed by atoms with Crippen LogP contribution in [0.2, 0.25) is 0 Å². The number of fused-ring (bicyclic) bond motifs is 1. The van der Waals surface area contributed by atoms with Gasteiger partial charge in [-0.05, 0) is 55.0 Å². The Hall–Kier alpha value is -2.74. The fourth-order valence-corrected chi connectivity index (χ4v) is 6.89. The van der Waals surface area contributed by atoms with Crippen LogP contribution in [-0.2, 0) is 38.7 Å². The molecule has 2 aromatic carbocycles. The summed E-state index contributed by atoms with van der Waals surface area (Å²) in [4.78, 5) is 13.9. The van der Waals surface area contributed by atoms with Crippen molar-refractivity contribution in [3.05, 3.63) is 82.7 Å². The lowest BCUT2D eigenvalue weighted by Crippen LogP contribution is -2.42. The van der Waals surface area contributed by atoms with Crippen molar-refractivity contribution in [1.29, 1.82) is 0 Å². The highest BCUT2D eigenvalue weighted by Gasteiger charge is 2.38. The van der Waals surface area contributed by atoms with Crippen molar-refractivity contribution < 1.29 is 22.7 Å². The number of hydrogen-bond donors (Lipinski definition) is 0. The van der Waals surface area contributed by atoms with E-state index in [1.54, 1.807) is 42.5 Å². The van der Waals surface area contributed by atoms with Gasteiger partial charge in [-0.3, -0.25) is 4.79 Å². The van der Waals surface area contributed by atoms with Gasteiger partial charge in [-0.25, -0.2) is 8.42 Å². The van der Waals surface area contributed by atoms with Crippen molar-refractivity contribution >= 4 is 15.6 Å². The third kappa shape index (κ3) is 4.37. The monoisotopic (exact) mass is 493 g/mol. The van der Waals surface area contributed by atoms with Crippen molar-refractivity contribution in [2.24, 2.45) is 5.41 Å². The van der Waals surface area contributed by atoms with Crippen molar-refractivity contribution in [3.8, 4) is 0 Å². The molecule has 0 N–H and O–H groups in total. The quantitative estimate of drug-likeness (QED) is 0.478. The highest BCUT2D eigenvalue weighted by Crippen LogP contribution is 2.40. The van der Waals surface area contributed by atoms with Gasteiger partial charge in [0.15, 0.2) is 18.4 Å². The molecule has 0 bridgehead atoms. The molecule has 3 aromatic rings. The molecule has 1 aliphatic heterocycles. The molecule has 0 saturated carbocycles. The third-order valence-corrected chi connectivity index (χ3v) is 8.89. The minimum atomic E-state index is -3.70. The second-order valence-electron chi connectivity index (χ2n) is 10.3. The van der Waals surface area contributed by atoms with Crippen molar-refractivity contribution in [2.75, 3.05) is 0 Å². The number of carbonyl (C=O) groups excluding carboxylic acids is 1. The number of aromatic nitrogens is 1. The lowest BCUT2D eigenvalue weighted by atomic mass is 9.75. The third-order valence-electron chi connectivity index (χ3n) is 7.02. The summed E-state index contributed by atoms with van der Waals surface area (Å²) in [6.45, 7) is 8.59. The summed E-state index contributed by atoms with van der Waals surface area (Å²) in [7, 11) is -3.70. The lowest BCUT2D eigenvalue weighted by Gasteiger charge is -2.36. The van der Waals surface area contributed by atoms with Gasteiger partial charge in [-0.1, -0.05) is 50.2 Å². The fraction of sp³-hybridized carbons (Fsp3) is 0.393. The first kappa shape index (κ1) is 24.0. The molecule has 5 rings (SSSR count). The Balaban J connectivity index is 1.60. The van der Waals surface area contributed by atoms with E-state index in [0.29, 0.717) is 24.9 Å². The second kappa shape index (κ2) is 8.73. The van der Waals surface area contributed by atoms with E-state index in [-0.39, 0.29) is 33.6 Å². The van der Waals surface area contributed by atoms with Crippen LogP contribution in [0.25, 0.3) is 0 Å². The Morgan fingerprint density at radius 2 is 1.66 bits per heavy atom. The molecule has 0 amide bonds. The number of benzene rings is 2. The molecule has 2 heterocycles. The Morgan fingerprint density at radius 3 is 2.34 bits per heavy atom. The first-order valence-corrected chi connectivity index (χ1v) is 13.5. The van der Waals surface area contributed by atoms with Crippen LogP contribution in [0.5, 0.6) is 0 Å². The maximum absolute atomic E-state index is 13.5. The van der Waals surface area contributed by atoms with E-state index in [1.807, 2.05) is 26.0 Å². The van der Waals surface area contributed by atoms with Crippen LogP contribution in [0, 0.1) is 12.3 Å². The summed E-state index contributed by atoms with van der Waals surface area (Å²) < 4.78 is 40.5. The summed E-state index contributed by atoms with van der Waals surface area (Å²) in [5.74, 6) is 0.111. The van der Waals surface area contributed by atoms with Crippen LogP contribution >= 0.6 is 0 Å². The average molecular weight is 494 g/mol. The molecular formula is C28H31NO5S. The molecule has 184 valence electrons. The molecule has 7 heteroatoms. The molecule has 0 radical (unpaired) electrons. The van der Waals surface area contributed by atoms with E-state index in [9.17, 15) is 13.2 Å². The van der Waals surface area contributed by atoms with E-state index < -0.39 is 9.84 Å². The predicted molar refractivity (Wildman–Crippen MR) is 132 cm³/mol. The van der Waals surface area contributed by atoms with Gasteiger partial charge >= 0.3 is 0 Å². The highest BCUT2D eigenvalue weighted by molar-refractivity contribution is 7.91. The average Bonchev–Trinajstić information content (AvgIpc) is 3.03. The van der Waals surface area contributed by atoms with Gasteiger partial charge in [0.05, 0.1) is 16.3 Å². The fourth-order valence-electron chi connectivity index (χ4n) is 5.37. The van der Waals surface area contributed by atoms with Crippen LogP contribution in [0.15, 0.2) is 64.4 Å². The predicted octanol–water partition coefficient (Wildman–Crippen LogP) is 5.09. The van der Waals surface area contributed by atoms with Gasteiger partial charge in [0.2, 0.25) is 9.84 Å². The van der Waals surface area contributed by atoms with Gasteiger partial charge in [-0.2, -0.15) is 0 Å². The smallest absolute Gasteiger partial charge is 0.206 e. The summed E-state index contributed by atoms with van der Waals surface area (Å²) in [5.41, 5.74) is 4.12. The zero-order chi connectivity index (χ0) is 25.0. The minimum absolute atomic E-state index is 0.111. The number of ether oxygens (including phenoxy) is 2. The summed E-state index contributed by atoms with van der Waals surface area (Å²) in [6.07, 6.45) is 1.02. The Morgan fingerprint density at radius 1 is 1.00 bits per heavy atom. The minimum Gasteiger partial charge on any atom is -0.343 e. The highest BCUT2D eigenvalue weighted by atomic mass is 32.2. The lowest BCUT2D eigenvalue weighted by molar-refractivity contribution is -0.379. The molecule has 6 nitrogen and oxygen atoms in total. The molecule has 1 aromatic heterocycles. The van der Waals surface area contributed by atoms with Crippen molar-refractivity contribution in [1.82, 2.24) is 4.57 Å². The molecule has 2 aliphatic rings. The van der Waals surface area contributed by atoms with Gasteiger partial charge in [0, 0.05) is 29.8 Å². The number of nitrogens with zero attached hydrogens (tertiary/aromatic N) is 1. The van der Waals surface area contributed by atoms with E-state index >= 15 is 0 Å². The van der Waals surface area contributed by atoms with E-state index in [1.165, 1.54) is 0 Å². The van der Waals surface area contributed by atoms with Gasteiger partial charge in [0.1, 0.15) is 0 Å². The second-order valence-corrected chi connectivity index (χ2v) is 12.2. The van der Waals surface area contributed by atoms with Gasteiger partial charge in [0.25, 0.3) is 0 Å². The van der Waals surface area contributed by atoms with Crippen molar-refractivity contribution in [2.45, 2.75) is 75.9 Å². The first-order valence-electron chi connectivity index (χ1n) is 12.0. The number of hydrogen-bond acceptors (Lipinski definition) is 5. The number of sulfone groups is 1. The topological polar surface area (TPSA) is 74.6 Å². The SMILES string of the molecule is Cc1c(Cc2ccccc2S(=O)(=O)c2ccccc2)c2c(n1CC1OC(C)O1)CC(C)(C)CC2=O. The van der Waals surface area contributed by atoms with E-state index in [4.69, 9.17) is 9.47 Å². The van der Waals surface area contributed by atoms with Gasteiger partial charge < -0.3 is 14.0 Å². The normalized spacial score (nSPS) is 21.4. The van der Waals surface area contributed by atoms with Crippen LogP contribution < -0.4 is 0 Å². The molecule has 0 spiro atoms. The number of ketones is 1. The Kier molecular flexibility index (Phi) is 5.98. The maximum Gasteiger partial charge on any atom is 0.206 e. The summed E-state index contributed by atoms with van der Waals surface area (Å²) in [6, 6.07) is 15.6. The van der Waals surface area contributed by atoms with E-state index in [0.717, 1.165) is 28.9 Å². The van der Waals surface area contributed by atoms with Gasteiger partial charge in [-0.15, -0.1) is 0 Å². The van der Waals surface area contributed by atoms with E-state index in [2.05, 4.69) is 18.4 Å². The van der Waals surface area contributed by atoms with Crippen molar-refractivity contribution in [3.63, 3.8) is 0 Å². The summed E-state index contributed by atoms with van der Waals surface area (Å²) >= 11 is 0.